The van der Waals surface area contributed by atoms with Crippen LogP contribution in [0.15, 0.2) is 39.6 Å². The summed E-state index contributed by atoms with van der Waals surface area (Å²) in [6.07, 6.45) is 2.08. The molecular weight excluding hydrogens is 310 g/mol. The summed E-state index contributed by atoms with van der Waals surface area (Å²) in [4.78, 5) is 25.4. The van der Waals surface area contributed by atoms with Crippen molar-refractivity contribution in [3.63, 3.8) is 0 Å². The molecule has 1 heterocycles. The second-order valence-corrected chi connectivity index (χ2v) is 6.72. The molecule has 0 saturated heterocycles. The molecule has 1 aliphatic rings. The van der Waals surface area contributed by atoms with Crippen LogP contribution in [0.2, 0.25) is 0 Å². The molecule has 5 heteroatoms. The van der Waals surface area contributed by atoms with Crippen LogP contribution in [0.5, 0.6) is 0 Å². The van der Waals surface area contributed by atoms with Crippen molar-refractivity contribution in [2.24, 2.45) is 0 Å². The summed E-state index contributed by atoms with van der Waals surface area (Å²) in [5, 5.41) is 2.87. The number of furan rings is 1. The number of aryl methyl sites for hydroxylation is 1. The zero-order valence-corrected chi connectivity index (χ0v) is 13.9. The molecule has 1 N–H and O–H groups in total. The molecule has 0 saturated carbocycles. The van der Waals surface area contributed by atoms with Crippen molar-refractivity contribution in [3.05, 3.63) is 53.0 Å². The summed E-state index contributed by atoms with van der Waals surface area (Å²) in [5.74, 6) is 1.59. The zero-order chi connectivity index (χ0) is 16.2. The molecule has 0 radical (unpaired) electrons. The normalized spacial score (nSPS) is 13.7. The predicted molar refractivity (Wildman–Crippen MR) is 90.2 cm³/mol. The van der Waals surface area contributed by atoms with Crippen LogP contribution < -0.4 is 5.32 Å². The fraction of sp³-hybridized carbons (Fsp3) is 0.333. The average molecular weight is 329 g/mol. The van der Waals surface area contributed by atoms with Gasteiger partial charge in [0.25, 0.3) is 5.91 Å². The maximum atomic E-state index is 12.3. The van der Waals surface area contributed by atoms with Crippen molar-refractivity contribution in [3.8, 4) is 0 Å². The van der Waals surface area contributed by atoms with Gasteiger partial charge in [0.2, 0.25) is 0 Å². The molecule has 0 unspecified atom stereocenters. The van der Waals surface area contributed by atoms with Crippen molar-refractivity contribution in [2.45, 2.75) is 31.1 Å². The lowest BCUT2D eigenvalue weighted by atomic mass is 9.94. The largest absolute Gasteiger partial charge is 0.455 e. The Labute approximate surface area is 139 Å². The Hall–Kier alpha value is -2.01. The van der Waals surface area contributed by atoms with Crippen LogP contribution in [0.4, 0.5) is 0 Å². The number of nitrogens with one attached hydrogen (secondary N) is 1. The third kappa shape index (κ3) is 3.50. The van der Waals surface area contributed by atoms with E-state index in [0.717, 1.165) is 18.6 Å². The van der Waals surface area contributed by atoms with Gasteiger partial charge in [-0.05, 0) is 25.5 Å². The number of ketones is 1. The molecule has 0 atom stereocenters. The highest BCUT2D eigenvalue weighted by atomic mass is 32.2. The molecule has 1 aromatic carbocycles. The minimum Gasteiger partial charge on any atom is -0.455 e. The molecule has 23 heavy (non-hydrogen) atoms. The molecule has 120 valence electrons. The number of fused-ring (bicyclic) bond motifs is 1. The minimum absolute atomic E-state index is 0.0891. The first kappa shape index (κ1) is 15.9. The molecule has 1 amide bonds. The molecular formula is C18H19NO3S. The van der Waals surface area contributed by atoms with E-state index >= 15 is 0 Å². The number of thioether (sulfide) groups is 1. The third-order valence-corrected chi connectivity index (χ3v) is 4.93. The van der Waals surface area contributed by atoms with Gasteiger partial charge in [0, 0.05) is 35.6 Å². The summed E-state index contributed by atoms with van der Waals surface area (Å²) in [7, 11) is 0. The predicted octanol–water partition coefficient (Wildman–Crippen LogP) is 3.63. The summed E-state index contributed by atoms with van der Waals surface area (Å²) in [6.45, 7) is 2.34. The molecule has 0 bridgehead atoms. The van der Waals surface area contributed by atoms with Gasteiger partial charge < -0.3 is 9.73 Å². The van der Waals surface area contributed by atoms with E-state index in [-0.39, 0.29) is 17.5 Å². The molecule has 2 aromatic rings. The van der Waals surface area contributed by atoms with Crippen molar-refractivity contribution >= 4 is 23.5 Å². The highest BCUT2D eigenvalue weighted by Gasteiger charge is 2.28. The third-order valence-electron chi connectivity index (χ3n) is 3.91. The van der Waals surface area contributed by atoms with Crippen molar-refractivity contribution < 1.29 is 14.0 Å². The van der Waals surface area contributed by atoms with E-state index in [1.807, 2.05) is 30.3 Å². The van der Waals surface area contributed by atoms with Crippen LogP contribution in [-0.4, -0.2) is 24.0 Å². The SMILES string of the molecule is Cc1c(C(=O)NCCSc2ccccc2)oc2c1C(=O)CCC2. The second-order valence-electron chi connectivity index (χ2n) is 5.55. The lowest BCUT2D eigenvalue weighted by molar-refractivity contribution is 0.0922. The summed E-state index contributed by atoms with van der Waals surface area (Å²) < 4.78 is 5.64. The standard InChI is InChI=1S/C18H19NO3S/c1-12-16-14(20)8-5-9-15(16)22-17(12)18(21)19-10-11-23-13-6-3-2-4-7-13/h2-4,6-7H,5,8-11H2,1H3,(H,19,21). The van der Waals surface area contributed by atoms with Crippen molar-refractivity contribution in [1.82, 2.24) is 5.32 Å². The number of carbonyl (C=O) groups is 2. The Morgan fingerprint density at radius 3 is 2.78 bits per heavy atom. The van der Waals surface area contributed by atoms with Crippen molar-refractivity contribution in [1.29, 1.82) is 0 Å². The quantitative estimate of drug-likeness (QED) is 0.672. The minimum atomic E-state index is -0.238. The monoisotopic (exact) mass is 329 g/mol. The molecule has 0 aliphatic heterocycles. The zero-order valence-electron chi connectivity index (χ0n) is 13.1. The highest BCUT2D eigenvalue weighted by molar-refractivity contribution is 7.99. The molecule has 1 aromatic heterocycles. The van der Waals surface area contributed by atoms with Gasteiger partial charge in [0.05, 0.1) is 5.56 Å². The van der Waals surface area contributed by atoms with Gasteiger partial charge in [0.15, 0.2) is 11.5 Å². The maximum Gasteiger partial charge on any atom is 0.287 e. The van der Waals surface area contributed by atoms with Gasteiger partial charge in [0.1, 0.15) is 5.76 Å². The van der Waals surface area contributed by atoms with E-state index in [2.05, 4.69) is 5.32 Å². The number of carbonyl (C=O) groups excluding carboxylic acids is 2. The molecule has 1 aliphatic carbocycles. The Morgan fingerprint density at radius 1 is 1.26 bits per heavy atom. The number of hydrogen-bond donors (Lipinski definition) is 1. The van der Waals surface area contributed by atoms with E-state index in [1.165, 1.54) is 4.90 Å². The van der Waals surface area contributed by atoms with Crippen LogP contribution in [0.3, 0.4) is 0 Å². The molecule has 0 spiro atoms. The molecule has 4 nitrogen and oxygen atoms in total. The van der Waals surface area contributed by atoms with Crippen LogP contribution >= 0.6 is 11.8 Å². The lowest BCUT2D eigenvalue weighted by Gasteiger charge is -2.07. The molecule has 3 rings (SSSR count). The molecule has 0 fully saturated rings. The van der Waals surface area contributed by atoms with E-state index in [4.69, 9.17) is 4.42 Å². The first-order chi connectivity index (χ1) is 11.2. The lowest BCUT2D eigenvalue weighted by Crippen LogP contribution is -2.26. The fourth-order valence-corrected chi connectivity index (χ4v) is 3.59. The average Bonchev–Trinajstić information content (AvgIpc) is 2.91. The highest BCUT2D eigenvalue weighted by Crippen LogP contribution is 2.29. The number of rotatable bonds is 5. The van der Waals surface area contributed by atoms with E-state index in [0.29, 0.717) is 29.9 Å². The number of Topliss-reactive ketones (excluding diaryl/α,β-unsaturated/α-hetero) is 1. The number of hydrogen-bond acceptors (Lipinski definition) is 4. The number of amides is 1. The Morgan fingerprint density at radius 2 is 2.04 bits per heavy atom. The van der Waals surface area contributed by atoms with E-state index < -0.39 is 0 Å². The number of benzene rings is 1. The summed E-state index contributed by atoms with van der Waals surface area (Å²) in [5.41, 5.74) is 1.30. The Kier molecular flexibility index (Phi) is 4.86. The summed E-state index contributed by atoms with van der Waals surface area (Å²) in [6, 6.07) is 10.1. The van der Waals surface area contributed by atoms with Crippen molar-refractivity contribution in [2.75, 3.05) is 12.3 Å². The van der Waals surface area contributed by atoms with Gasteiger partial charge in [-0.2, -0.15) is 0 Å². The smallest absolute Gasteiger partial charge is 0.287 e. The van der Waals surface area contributed by atoms with Gasteiger partial charge >= 0.3 is 0 Å². The van der Waals surface area contributed by atoms with Crippen LogP contribution in [0, 0.1) is 6.92 Å². The summed E-state index contributed by atoms with van der Waals surface area (Å²) >= 11 is 1.69. The van der Waals surface area contributed by atoms with Crippen LogP contribution in [-0.2, 0) is 6.42 Å². The van der Waals surface area contributed by atoms with E-state index in [9.17, 15) is 9.59 Å². The van der Waals surface area contributed by atoms with Gasteiger partial charge in [-0.25, -0.2) is 0 Å². The van der Waals surface area contributed by atoms with Gasteiger partial charge in [-0.1, -0.05) is 18.2 Å². The topological polar surface area (TPSA) is 59.3 Å². The second kappa shape index (κ2) is 7.04. The van der Waals surface area contributed by atoms with Gasteiger partial charge in [-0.15, -0.1) is 11.8 Å². The maximum absolute atomic E-state index is 12.3. The first-order valence-electron chi connectivity index (χ1n) is 7.78. The Balaban J connectivity index is 1.58. The van der Waals surface area contributed by atoms with E-state index in [1.54, 1.807) is 18.7 Å². The first-order valence-corrected chi connectivity index (χ1v) is 8.77. The fourth-order valence-electron chi connectivity index (χ4n) is 2.80. The van der Waals surface area contributed by atoms with Gasteiger partial charge in [-0.3, -0.25) is 9.59 Å². The van der Waals surface area contributed by atoms with Crippen LogP contribution in [0.25, 0.3) is 0 Å². The Bertz CT molecular complexity index is 721. The van der Waals surface area contributed by atoms with Crippen LogP contribution in [0.1, 0.15) is 45.1 Å².